The van der Waals surface area contributed by atoms with E-state index in [1.807, 2.05) is 31.2 Å². The smallest absolute Gasteiger partial charge is 0.321 e. The largest absolute Gasteiger partial charge is 0.339 e. The SMILES string of the molecule is Cc1ccccc1NC(=O)N1CCC[C@@H](c2nc(-c3ccc(F)cc3)no2)C1. The van der Waals surface area contributed by atoms with E-state index < -0.39 is 0 Å². The monoisotopic (exact) mass is 380 g/mol. The highest BCUT2D eigenvalue weighted by Gasteiger charge is 2.29. The molecule has 144 valence electrons. The molecule has 0 radical (unpaired) electrons. The van der Waals surface area contributed by atoms with Gasteiger partial charge in [0.1, 0.15) is 5.82 Å². The summed E-state index contributed by atoms with van der Waals surface area (Å²) in [4.78, 5) is 18.9. The number of rotatable bonds is 3. The Labute approximate surface area is 162 Å². The fourth-order valence-electron chi connectivity index (χ4n) is 3.39. The third kappa shape index (κ3) is 3.88. The van der Waals surface area contributed by atoms with Crippen molar-refractivity contribution in [2.24, 2.45) is 0 Å². The molecule has 1 aliphatic rings. The maximum atomic E-state index is 13.1. The number of likely N-dealkylation sites (tertiary alicyclic amines) is 1. The van der Waals surface area contributed by atoms with Gasteiger partial charge in [0.2, 0.25) is 11.7 Å². The molecule has 2 heterocycles. The fourth-order valence-corrected chi connectivity index (χ4v) is 3.39. The van der Waals surface area contributed by atoms with Crippen LogP contribution in [0.25, 0.3) is 11.4 Å². The summed E-state index contributed by atoms with van der Waals surface area (Å²) < 4.78 is 18.5. The van der Waals surface area contributed by atoms with E-state index in [0.29, 0.717) is 30.4 Å². The van der Waals surface area contributed by atoms with Crippen molar-refractivity contribution in [2.75, 3.05) is 18.4 Å². The maximum absolute atomic E-state index is 13.1. The van der Waals surface area contributed by atoms with E-state index in [1.165, 1.54) is 12.1 Å². The first-order chi connectivity index (χ1) is 13.6. The van der Waals surface area contributed by atoms with Crippen LogP contribution in [0.4, 0.5) is 14.9 Å². The van der Waals surface area contributed by atoms with Crippen molar-refractivity contribution in [1.82, 2.24) is 15.0 Å². The highest BCUT2D eigenvalue weighted by atomic mass is 19.1. The Kier molecular flexibility index (Phi) is 5.06. The number of urea groups is 1. The van der Waals surface area contributed by atoms with Gasteiger partial charge < -0.3 is 14.7 Å². The van der Waals surface area contributed by atoms with Gasteiger partial charge in [-0.2, -0.15) is 4.98 Å². The summed E-state index contributed by atoms with van der Waals surface area (Å²) in [5.41, 5.74) is 2.53. The van der Waals surface area contributed by atoms with Crippen molar-refractivity contribution in [3.8, 4) is 11.4 Å². The molecule has 2 amide bonds. The quantitative estimate of drug-likeness (QED) is 0.721. The number of hydrogen-bond acceptors (Lipinski definition) is 4. The van der Waals surface area contributed by atoms with Crippen molar-refractivity contribution < 1.29 is 13.7 Å². The number of benzene rings is 2. The number of carbonyl (C=O) groups excluding carboxylic acids is 1. The third-order valence-corrected chi connectivity index (χ3v) is 4.99. The van der Waals surface area contributed by atoms with Gasteiger partial charge in [-0.15, -0.1) is 0 Å². The first-order valence-corrected chi connectivity index (χ1v) is 9.31. The molecule has 2 aromatic carbocycles. The average Bonchev–Trinajstić information content (AvgIpc) is 3.21. The van der Waals surface area contributed by atoms with Crippen LogP contribution in [0.15, 0.2) is 53.1 Å². The summed E-state index contributed by atoms with van der Waals surface area (Å²) in [6.45, 7) is 3.17. The van der Waals surface area contributed by atoms with Crippen LogP contribution in [-0.2, 0) is 0 Å². The zero-order valence-electron chi connectivity index (χ0n) is 15.6. The van der Waals surface area contributed by atoms with Gasteiger partial charge in [-0.05, 0) is 55.7 Å². The van der Waals surface area contributed by atoms with Crippen LogP contribution >= 0.6 is 0 Å². The minimum atomic E-state index is -0.310. The number of aryl methyl sites for hydroxylation is 1. The Bertz CT molecular complexity index is 971. The van der Waals surface area contributed by atoms with E-state index in [9.17, 15) is 9.18 Å². The molecular weight excluding hydrogens is 359 g/mol. The van der Waals surface area contributed by atoms with Gasteiger partial charge in [0.25, 0.3) is 0 Å². The summed E-state index contributed by atoms with van der Waals surface area (Å²) in [5.74, 6) is 0.609. The Morgan fingerprint density at radius 1 is 1.21 bits per heavy atom. The number of anilines is 1. The zero-order valence-corrected chi connectivity index (χ0v) is 15.6. The number of para-hydroxylation sites is 1. The molecule has 0 bridgehead atoms. The van der Waals surface area contributed by atoms with E-state index in [0.717, 1.165) is 24.1 Å². The summed E-state index contributed by atoms with van der Waals surface area (Å²) in [6.07, 6.45) is 1.74. The van der Waals surface area contributed by atoms with E-state index in [4.69, 9.17) is 4.52 Å². The van der Waals surface area contributed by atoms with E-state index in [2.05, 4.69) is 15.5 Å². The fraction of sp³-hybridized carbons (Fsp3) is 0.286. The van der Waals surface area contributed by atoms with Crippen molar-refractivity contribution in [1.29, 1.82) is 0 Å². The molecule has 1 aromatic heterocycles. The molecule has 1 atom stereocenters. The number of hydrogen-bond donors (Lipinski definition) is 1. The molecule has 0 unspecified atom stereocenters. The molecule has 1 fully saturated rings. The highest BCUT2D eigenvalue weighted by molar-refractivity contribution is 5.90. The van der Waals surface area contributed by atoms with Crippen molar-refractivity contribution in [3.05, 3.63) is 65.8 Å². The second-order valence-corrected chi connectivity index (χ2v) is 6.99. The van der Waals surface area contributed by atoms with Crippen molar-refractivity contribution in [2.45, 2.75) is 25.7 Å². The highest BCUT2D eigenvalue weighted by Crippen LogP contribution is 2.28. The molecule has 0 saturated carbocycles. The van der Waals surface area contributed by atoms with Crippen LogP contribution in [0.5, 0.6) is 0 Å². The van der Waals surface area contributed by atoms with Crippen LogP contribution in [0, 0.1) is 12.7 Å². The number of aromatic nitrogens is 2. The van der Waals surface area contributed by atoms with Crippen LogP contribution in [0.1, 0.15) is 30.2 Å². The number of carbonyl (C=O) groups is 1. The Morgan fingerprint density at radius 2 is 2.00 bits per heavy atom. The lowest BCUT2D eigenvalue weighted by atomic mass is 9.98. The minimum Gasteiger partial charge on any atom is -0.339 e. The van der Waals surface area contributed by atoms with E-state index in [-0.39, 0.29) is 17.8 Å². The second-order valence-electron chi connectivity index (χ2n) is 6.99. The van der Waals surface area contributed by atoms with Gasteiger partial charge in [-0.1, -0.05) is 23.4 Å². The number of halogens is 1. The van der Waals surface area contributed by atoms with Crippen LogP contribution < -0.4 is 5.32 Å². The lowest BCUT2D eigenvalue weighted by Crippen LogP contribution is -2.41. The first-order valence-electron chi connectivity index (χ1n) is 9.31. The zero-order chi connectivity index (χ0) is 19.5. The Morgan fingerprint density at radius 3 is 2.79 bits per heavy atom. The molecule has 0 spiro atoms. The molecule has 28 heavy (non-hydrogen) atoms. The average molecular weight is 380 g/mol. The van der Waals surface area contributed by atoms with Gasteiger partial charge in [0.05, 0.1) is 5.92 Å². The number of nitrogens with one attached hydrogen (secondary N) is 1. The minimum absolute atomic E-state index is 0.0157. The third-order valence-electron chi connectivity index (χ3n) is 4.99. The van der Waals surface area contributed by atoms with Crippen LogP contribution in [-0.4, -0.2) is 34.2 Å². The topological polar surface area (TPSA) is 71.3 Å². The molecule has 4 rings (SSSR count). The predicted molar refractivity (Wildman–Crippen MR) is 103 cm³/mol. The van der Waals surface area contributed by atoms with E-state index >= 15 is 0 Å². The second kappa shape index (κ2) is 7.80. The van der Waals surface area contributed by atoms with E-state index in [1.54, 1.807) is 17.0 Å². The maximum Gasteiger partial charge on any atom is 0.321 e. The van der Waals surface area contributed by atoms with Crippen LogP contribution in [0.2, 0.25) is 0 Å². The van der Waals surface area contributed by atoms with Gasteiger partial charge in [0, 0.05) is 24.3 Å². The molecule has 3 aromatic rings. The number of nitrogens with zero attached hydrogens (tertiary/aromatic N) is 3. The van der Waals surface area contributed by atoms with Crippen molar-refractivity contribution >= 4 is 11.7 Å². The first kappa shape index (κ1) is 18.2. The van der Waals surface area contributed by atoms with Crippen molar-refractivity contribution in [3.63, 3.8) is 0 Å². The molecule has 1 saturated heterocycles. The molecule has 7 heteroatoms. The lowest BCUT2D eigenvalue weighted by Gasteiger charge is -2.31. The predicted octanol–water partition coefficient (Wildman–Crippen LogP) is 4.60. The molecule has 1 N–H and O–H groups in total. The normalized spacial score (nSPS) is 16.8. The molecule has 1 aliphatic heterocycles. The summed E-state index contributed by atoms with van der Waals surface area (Å²) in [5, 5.41) is 6.99. The molecule has 6 nitrogen and oxygen atoms in total. The Hall–Kier alpha value is -3.22. The van der Waals surface area contributed by atoms with Gasteiger partial charge in [-0.3, -0.25) is 0 Å². The number of amides is 2. The summed E-state index contributed by atoms with van der Waals surface area (Å²) in [7, 11) is 0. The van der Waals surface area contributed by atoms with Crippen LogP contribution in [0.3, 0.4) is 0 Å². The molecule has 0 aliphatic carbocycles. The van der Waals surface area contributed by atoms with Gasteiger partial charge in [0.15, 0.2) is 0 Å². The standard InChI is InChI=1S/C21H21FN4O2/c1-14-5-2-3-7-18(14)23-21(27)26-12-4-6-16(13-26)20-24-19(25-28-20)15-8-10-17(22)11-9-15/h2-3,5,7-11,16H,4,6,12-13H2,1H3,(H,23,27)/t16-/m1/s1. The Balaban J connectivity index is 1.44. The summed E-state index contributed by atoms with van der Waals surface area (Å²) in [6, 6.07) is 13.5. The van der Waals surface area contributed by atoms with Gasteiger partial charge in [-0.25, -0.2) is 9.18 Å². The number of piperidine rings is 1. The summed E-state index contributed by atoms with van der Waals surface area (Å²) >= 11 is 0. The molecular formula is C21H21FN4O2. The van der Waals surface area contributed by atoms with Gasteiger partial charge >= 0.3 is 6.03 Å². The lowest BCUT2D eigenvalue weighted by molar-refractivity contribution is 0.184.